The number of hydrogen-bond acceptors (Lipinski definition) is 5. The maximum Gasteiger partial charge on any atom is 0.124 e. The molecule has 0 fully saturated rings. The first-order valence-electron chi connectivity index (χ1n) is 21.1. The van der Waals surface area contributed by atoms with Crippen LogP contribution in [0, 0.1) is 55.4 Å². The molecule has 0 spiro atoms. The third kappa shape index (κ3) is 10.5. The number of aryl methyl sites for hydroxylation is 8. The second-order valence-electron chi connectivity index (χ2n) is 16.4. The van der Waals surface area contributed by atoms with Gasteiger partial charge in [0.15, 0.2) is 0 Å². The molecule has 63 heavy (non-hydrogen) atoms. The molecule has 0 unspecified atom stereocenters. The van der Waals surface area contributed by atoms with Crippen molar-refractivity contribution in [2.24, 2.45) is 0 Å². The minimum absolute atomic E-state index is 0. The van der Waals surface area contributed by atoms with E-state index in [1.807, 2.05) is 30.3 Å². The van der Waals surface area contributed by atoms with Crippen molar-refractivity contribution in [1.29, 1.82) is 0 Å². The second-order valence-corrected chi connectivity index (χ2v) is 20.7. The van der Waals surface area contributed by atoms with Crippen molar-refractivity contribution < 1.29 is 36.0 Å². The van der Waals surface area contributed by atoms with Crippen LogP contribution in [-0.4, -0.2) is 47.4 Å². The summed E-state index contributed by atoms with van der Waals surface area (Å²) in [6.45, 7) is 17.3. The summed E-state index contributed by atoms with van der Waals surface area (Å²) in [5, 5.41) is 7.89. The van der Waals surface area contributed by atoms with Crippen molar-refractivity contribution >= 4 is 47.7 Å². The first kappa shape index (κ1) is 49.4. The van der Waals surface area contributed by atoms with Crippen molar-refractivity contribution in [3.05, 3.63) is 177 Å². The summed E-state index contributed by atoms with van der Waals surface area (Å²) in [7, 11) is 9.51. The predicted molar refractivity (Wildman–Crippen MR) is 268 cm³/mol. The molecule has 0 aromatic heterocycles. The van der Waals surface area contributed by atoms with Gasteiger partial charge in [-0.2, -0.15) is 6.07 Å². The SMILES string of the molecule is COc1c(C)cc(P(c2cc(C)c(OC)c(C)c2)c2ccccc2[C@H]([c-]2cccc2P(c2cc(C)c(OC)c(C)c2)c2cc(C)c(OC)c(C)c2)N(C)C)cc1C.[Fe].[cH-]1[cH-][cH-][cH-][cH-]1. The molecule has 0 amide bonds. The predicted octanol–water partition coefficient (Wildman–Crippen LogP) is 10.5. The zero-order valence-corrected chi connectivity index (χ0v) is 42.3. The van der Waals surface area contributed by atoms with Crippen LogP contribution in [0.3, 0.4) is 0 Å². The van der Waals surface area contributed by atoms with E-state index in [1.165, 1.54) is 43.0 Å². The van der Waals surface area contributed by atoms with Gasteiger partial charge in [-0.3, -0.25) is 0 Å². The molecule has 7 rings (SSSR count). The molecule has 0 heterocycles. The Bertz CT molecular complexity index is 2400. The molecule has 5 nitrogen and oxygen atoms in total. The van der Waals surface area contributed by atoms with E-state index in [1.54, 1.807) is 28.4 Å². The van der Waals surface area contributed by atoms with Gasteiger partial charge in [-0.25, -0.2) is 12.1 Å². The van der Waals surface area contributed by atoms with E-state index in [4.69, 9.17) is 18.9 Å². The smallest absolute Gasteiger partial charge is 0.124 e. The standard InChI is InChI=1S/C50H58NO4P2.C5H5.Fe/c1-30-22-38(23-31(2)47(30)52-11)56(39-24-32(3)48(53-12)33(4)25-39)44-20-16-15-18-42(44)46(51(9)10)43-19-17-21-45(43)57(40-26-34(5)49(54-13)35(6)27-40)41-28-36(7)50(55-14)37(8)29-41;1-2-4-5-3-1;/h15-29,46H,1-14H3;1-5H;/q-1;-5;/t46-;;/m1../s1. The molecule has 1 atom stereocenters. The maximum atomic E-state index is 5.87. The minimum atomic E-state index is -1.00. The molecule has 0 aliphatic heterocycles. The fourth-order valence-electron chi connectivity index (χ4n) is 9.19. The van der Waals surface area contributed by atoms with E-state index in [0.717, 1.165) is 67.5 Å². The minimum Gasteiger partial charge on any atom is -0.748 e. The van der Waals surface area contributed by atoms with Crippen LogP contribution >= 0.6 is 15.8 Å². The number of methoxy groups -OCH3 is 4. The van der Waals surface area contributed by atoms with Gasteiger partial charge in [0.25, 0.3) is 0 Å². The van der Waals surface area contributed by atoms with Crippen molar-refractivity contribution in [2.75, 3.05) is 42.5 Å². The number of ether oxygens (including phenoxy) is 4. The summed E-state index contributed by atoms with van der Waals surface area (Å²) in [4.78, 5) is 2.39. The van der Waals surface area contributed by atoms with Gasteiger partial charge in [0.05, 0.1) is 28.4 Å². The molecule has 8 heteroatoms. The third-order valence-corrected chi connectivity index (χ3v) is 16.4. The first-order valence-corrected chi connectivity index (χ1v) is 23.8. The monoisotopic (exact) mass is 919 g/mol. The molecular weight excluding hydrogens is 856 g/mol. The quantitative estimate of drug-likeness (QED) is 0.0655. The molecule has 0 aliphatic carbocycles. The molecule has 0 aliphatic rings. The number of nitrogens with zero attached hydrogens (tertiary/aromatic N) is 1. The largest absolute Gasteiger partial charge is 0.748 e. The number of hydrogen-bond donors (Lipinski definition) is 0. The fraction of sp³-hybridized carbons (Fsp3) is 0.273. The summed E-state index contributed by atoms with van der Waals surface area (Å²) in [6, 6.07) is 44.8. The van der Waals surface area contributed by atoms with Gasteiger partial charge in [-0.05, 0) is 210 Å². The van der Waals surface area contributed by atoms with Crippen molar-refractivity contribution in [3.63, 3.8) is 0 Å². The van der Waals surface area contributed by atoms with Crippen LogP contribution in [0.2, 0.25) is 0 Å². The average molecular weight is 920 g/mol. The van der Waals surface area contributed by atoms with Crippen LogP contribution in [0.5, 0.6) is 23.0 Å². The van der Waals surface area contributed by atoms with Gasteiger partial charge in [-0.15, -0.1) is 10.9 Å². The van der Waals surface area contributed by atoms with Gasteiger partial charge >= 0.3 is 0 Å². The Morgan fingerprint density at radius 2 is 0.778 bits per heavy atom. The number of rotatable bonds is 13. The average Bonchev–Trinajstić information content (AvgIpc) is 3.96. The molecule has 336 valence electrons. The van der Waals surface area contributed by atoms with Crippen LogP contribution in [0.15, 0.2) is 121 Å². The van der Waals surface area contributed by atoms with E-state index in [-0.39, 0.29) is 23.1 Å². The summed E-state index contributed by atoms with van der Waals surface area (Å²) < 4.78 is 23.5. The molecule has 0 N–H and O–H groups in total. The van der Waals surface area contributed by atoms with E-state index in [0.29, 0.717) is 0 Å². The van der Waals surface area contributed by atoms with Gasteiger partial charge in [0, 0.05) is 23.1 Å². The molecule has 0 radical (unpaired) electrons. The Morgan fingerprint density at radius 1 is 0.460 bits per heavy atom. The van der Waals surface area contributed by atoms with Crippen molar-refractivity contribution in [3.8, 4) is 23.0 Å². The molecule has 0 bridgehead atoms. The molecule has 0 saturated carbocycles. The third-order valence-electron chi connectivity index (χ3n) is 11.5. The molecule has 0 saturated heterocycles. The van der Waals surface area contributed by atoms with Gasteiger partial charge in [-0.1, -0.05) is 24.3 Å². The van der Waals surface area contributed by atoms with Crippen molar-refractivity contribution in [2.45, 2.75) is 61.4 Å². The van der Waals surface area contributed by atoms with Crippen LogP contribution in [0.1, 0.15) is 61.7 Å². The first-order chi connectivity index (χ1) is 29.7. The van der Waals surface area contributed by atoms with E-state index in [2.05, 4.69) is 165 Å². The van der Waals surface area contributed by atoms with Crippen LogP contribution in [0.4, 0.5) is 0 Å². The summed E-state index contributed by atoms with van der Waals surface area (Å²) in [5.41, 5.74) is 11.8. The van der Waals surface area contributed by atoms with Crippen LogP contribution < -0.4 is 50.8 Å². The van der Waals surface area contributed by atoms with Gasteiger partial charge in [0.1, 0.15) is 23.0 Å². The molecule has 7 aromatic rings. The Labute approximate surface area is 390 Å². The molecule has 7 aromatic carbocycles. The zero-order chi connectivity index (χ0) is 44.8. The van der Waals surface area contributed by atoms with E-state index >= 15 is 0 Å². The summed E-state index contributed by atoms with van der Waals surface area (Å²) in [5.74, 6) is 3.77. The second kappa shape index (κ2) is 21.8. The number of benzene rings is 5. The van der Waals surface area contributed by atoms with E-state index < -0.39 is 15.8 Å². The Balaban J connectivity index is 0.00000116. The van der Waals surface area contributed by atoms with Gasteiger partial charge in [0.2, 0.25) is 0 Å². The van der Waals surface area contributed by atoms with Gasteiger partial charge < -0.3 is 54.2 Å². The zero-order valence-electron chi connectivity index (χ0n) is 39.5. The van der Waals surface area contributed by atoms with Crippen LogP contribution in [0.25, 0.3) is 0 Å². The normalized spacial score (nSPS) is 11.6. The maximum absolute atomic E-state index is 5.87. The van der Waals surface area contributed by atoms with Crippen LogP contribution in [-0.2, 0) is 17.1 Å². The van der Waals surface area contributed by atoms with E-state index in [9.17, 15) is 0 Å². The summed E-state index contributed by atoms with van der Waals surface area (Å²) in [6.07, 6.45) is 0. The topological polar surface area (TPSA) is 40.2 Å². The summed E-state index contributed by atoms with van der Waals surface area (Å²) >= 11 is 0. The fourth-order valence-corrected chi connectivity index (χ4v) is 14.9. The molecular formula is C55H63FeNO4P2-6. The Hall–Kier alpha value is -4.66. The Morgan fingerprint density at radius 3 is 1.10 bits per heavy atom. The Kier molecular flexibility index (Phi) is 17.1. The van der Waals surface area contributed by atoms with Crippen molar-refractivity contribution in [1.82, 2.24) is 4.90 Å².